The molecule has 0 aromatic rings. The minimum Gasteiger partial charge on any atom is -0.395 e. The second-order valence-corrected chi connectivity index (χ2v) is 4.90. The second-order valence-electron chi connectivity index (χ2n) is 4.90. The average molecular weight is 199 g/mol. The third-order valence-corrected chi connectivity index (χ3v) is 3.98. The lowest BCUT2D eigenvalue weighted by Crippen LogP contribution is -2.50. The van der Waals surface area contributed by atoms with Crippen molar-refractivity contribution in [3.63, 3.8) is 0 Å². The summed E-state index contributed by atoms with van der Waals surface area (Å²) < 4.78 is 5.42. The first-order valence-corrected chi connectivity index (χ1v) is 5.65. The Balaban J connectivity index is 1.96. The molecule has 82 valence electrons. The van der Waals surface area contributed by atoms with Crippen molar-refractivity contribution in [2.75, 3.05) is 33.4 Å². The summed E-state index contributed by atoms with van der Waals surface area (Å²) in [5, 5.41) is 9.18. The fraction of sp³-hybridized carbons (Fsp3) is 1.00. The van der Waals surface area contributed by atoms with Crippen molar-refractivity contribution in [1.82, 2.24) is 4.90 Å². The lowest BCUT2D eigenvalue weighted by molar-refractivity contribution is -0.0440. The minimum absolute atomic E-state index is 0.309. The molecule has 2 aliphatic heterocycles. The Morgan fingerprint density at radius 2 is 2.07 bits per heavy atom. The number of aliphatic hydroxyl groups is 1. The van der Waals surface area contributed by atoms with E-state index in [4.69, 9.17) is 4.74 Å². The molecule has 0 bridgehead atoms. The molecule has 14 heavy (non-hydrogen) atoms. The first-order chi connectivity index (χ1) is 6.76. The largest absolute Gasteiger partial charge is 0.395 e. The molecule has 2 aliphatic rings. The molecule has 1 atom stereocenters. The molecule has 1 unspecified atom stereocenters. The number of nitrogens with zero attached hydrogens (tertiary/aromatic N) is 1. The molecule has 0 aromatic carbocycles. The highest BCUT2D eigenvalue weighted by atomic mass is 16.5. The highest BCUT2D eigenvalue weighted by Crippen LogP contribution is 2.40. The predicted octanol–water partition coefficient (Wildman–Crippen LogP) is 0.870. The molecule has 2 saturated heterocycles. The maximum atomic E-state index is 9.18. The first-order valence-electron chi connectivity index (χ1n) is 5.65. The maximum absolute atomic E-state index is 9.18. The highest BCUT2D eigenvalue weighted by Gasteiger charge is 2.38. The van der Waals surface area contributed by atoms with Gasteiger partial charge >= 0.3 is 0 Å². The second kappa shape index (κ2) is 4.17. The van der Waals surface area contributed by atoms with Crippen LogP contribution < -0.4 is 0 Å². The third kappa shape index (κ3) is 1.95. The topological polar surface area (TPSA) is 32.7 Å². The third-order valence-electron chi connectivity index (χ3n) is 3.98. The van der Waals surface area contributed by atoms with Gasteiger partial charge in [0.2, 0.25) is 0 Å². The Morgan fingerprint density at radius 1 is 1.36 bits per heavy atom. The molecule has 1 spiro atoms. The van der Waals surface area contributed by atoms with Crippen LogP contribution in [0.4, 0.5) is 0 Å². The van der Waals surface area contributed by atoms with Crippen LogP contribution in [0.5, 0.6) is 0 Å². The van der Waals surface area contributed by atoms with Crippen LogP contribution >= 0.6 is 0 Å². The predicted molar refractivity (Wildman–Crippen MR) is 55.2 cm³/mol. The van der Waals surface area contributed by atoms with Gasteiger partial charge in [-0.05, 0) is 38.1 Å². The van der Waals surface area contributed by atoms with E-state index in [1.165, 1.54) is 19.3 Å². The number of piperidine rings is 1. The summed E-state index contributed by atoms with van der Waals surface area (Å²) in [5.74, 6) is 0. The van der Waals surface area contributed by atoms with Gasteiger partial charge in [-0.15, -0.1) is 0 Å². The van der Waals surface area contributed by atoms with Crippen molar-refractivity contribution in [1.29, 1.82) is 0 Å². The fourth-order valence-electron chi connectivity index (χ4n) is 2.87. The fourth-order valence-corrected chi connectivity index (χ4v) is 2.87. The van der Waals surface area contributed by atoms with E-state index in [2.05, 4.69) is 11.9 Å². The van der Waals surface area contributed by atoms with Gasteiger partial charge < -0.3 is 14.7 Å². The minimum atomic E-state index is 0.309. The van der Waals surface area contributed by atoms with Gasteiger partial charge in [0.1, 0.15) is 0 Å². The summed E-state index contributed by atoms with van der Waals surface area (Å²) in [6.45, 7) is 3.31. The van der Waals surface area contributed by atoms with Gasteiger partial charge in [0.05, 0.1) is 6.61 Å². The van der Waals surface area contributed by atoms with E-state index in [-0.39, 0.29) is 0 Å². The molecule has 0 saturated carbocycles. The number of ether oxygens (including phenoxy) is 1. The van der Waals surface area contributed by atoms with E-state index in [1.807, 2.05) is 0 Å². The van der Waals surface area contributed by atoms with Gasteiger partial charge in [0.25, 0.3) is 0 Å². The van der Waals surface area contributed by atoms with Gasteiger partial charge in [-0.25, -0.2) is 0 Å². The summed E-state index contributed by atoms with van der Waals surface area (Å²) in [4.78, 5) is 2.33. The molecule has 2 rings (SSSR count). The lowest BCUT2D eigenvalue weighted by atomic mass is 9.72. The standard InChI is InChI=1S/C11H21NO2/c1-12-9-11(3-2-10(12)8-13)4-6-14-7-5-11/h10,13H,2-9H2,1H3. The molecule has 0 aliphatic carbocycles. The van der Waals surface area contributed by atoms with Crippen molar-refractivity contribution in [2.24, 2.45) is 5.41 Å². The van der Waals surface area contributed by atoms with Gasteiger partial charge in [-0.3, -0.25) is 0 Å². The summed E-state index contributed by atoms with van der Waals surface area (Å²) in [6, 6.07) is 0.392. The maximum Gasteiger partial charge on any atom is 0.0586 e. The summed E-state index contributed by atoms with van der Waals surface area (Å²) >= 11 is 0. The Kier molecular flexibility index (Phi) is 3.10. The van der Waals surface area contributed by atoms with Crippen molar-refractivity contribution in [3.8, 4) is 0 Å². The number of hydrogen-bond acceptors (Lipinski definition) is 3. The lowest BCUT2D eigenvalue weighted by Gasteiger charge is -2.47. The van der Waals surface area contributed by atoms with Crippen molar-refractivity contribution < 1.29 is 9.84 Å². The summed E-state index contributed by atoms with van der Waals surface area (Å²) in [7, 11) is 2.14. The molecule has 0 aromatic heterocycles. The Hall–Kier alpha value is -0.120. The average Bonchev–Trinajstić information content (AvgIpc) is 2.19. The van der Waals surface area contributed by atoms with Crippen LogP contribution in [-0.4, -0.2) is 49.5 Å². The van der Waals surface area contributed by atoms with E-state index < -0.39 is 0 Å². The molecular weight excluding hydrogens is 178 g/mol. The van der Waals surface area contributed by atoms with Crippen LogP contribution in [0.3, 0.4) is 0 Å². The molecule has 0 radical (unpaired) electrons. The monoisotopic (exact) mass is 199 g/mol. The van der Waals surface area contributed by atoms with Crippen LogP contribution in [0.15, 0.2) is 0 Å². The number of likely N-dealkylation sites (tertiary alicyclic amines) is 1. The van der Waals surface area contributed by atoms with Crippen molar-refractivity contribution in [3.05, 3.63) is 0 Å². The zero-order valence-electron chi connectivity index (χ0n) is 9.04. The summed E-state index contributed by atoms with van der Waals surface area (Å²) in [6.07, 6.45) is 4.82. The van der Waals surface area contributed by atoms with Crippen molar-refractivity contribution >= 4 is 0 Å². The van der Waals surface area contributed by atoms with Crippen LogP contribution in [0, 0.1) is 5.41 Å². The molecular formula is C11H21NO2. The zero-order chi connectivity index (χ0) is 10.0. The van der Waals surface area contributed by atoms with E-state index in [1.54, 1.807) is 0 Å². The quantitative estimate of drug-likeness (QED) is 0.680. The molecule has 2 heterocycles. The van der Waals surface area contributed by atoms with Gasteiger partial charge in [0.15, 0.2) is 0 Å². The van der Waals surface area contributed by atoms with Crippen LogP contribution in [0.2, 0.25) is 0 Å². The highest BCUT2D eigenvalue weighted by molar-refractivity contribution is 4.91. The smallest absolute Gasteiger partial charge is 0.0586 e. The normalized spacial score (nSPS) is 33.4. The van der Waals surface area contributed by atoms with E-state index in [0.29, 0.717) is 18.1 Å². The molecule has 0 amide bonds. The van der Waals surface area contributed by atoms with E-state index in [9.17, 15) is 5.11 Å². The molecule has 3 heteroatoms. The number of rotatable bonds is 1. The zero-order valence-corrected chi connectivity index (χ0v) is 9.04. The number of likely N-dealkylation sites (N-methyl/N-ethyl adjacent to an activating group) is 1. The Labute approximate surface area is 86.0 Å². The van der Waals surface area contributed by atoms with Crippen molar-refractivity contribution in [2.45, 2.75) is 31.7 Å². The molecule has 2 fully saturated rings. The van der Waals surface area contributed by atoms with E-state index >= 15 is 0 Å². The SMILES string of the molecule is CN1CC2(CCOCC2)CCC1CO. The Morgan fingerprint density at radius 3 is 2.64 bits per heavy atom. The van der Waals surface area contributed by atoms with Gasteiger partial charge in [-0.1, -0.05) is 0 Å². The number of aliphatic hydroxyl groups excluding tert-OH is 1. The van der Waals surface area contributed by atoms with Crippen LogP contribution in [0.1, 0.15) is 25.7 Å². The van der Waals surface area contributed by atoms with Gasteiger partial charge in [0, 0.05) is 25.8 Å². The summed E-state index contributed by atoms with van der Waals surface area (Å²) in [5.41, 5.74) is 0.499. The molecule has 3 nitrogen and oxygen atoms in total. The van der Waals surface area contributed by atoms with E-state index in [0.717, 1.165) is 26.2 Å². The van der Waals surface area contributed by atoms with Gasteiger partial charge in [-0.2, -0.15) is 0 Å². The van der Waals surface area contributed by atoms with Crippen LogP contribution in [0.25, 0.3) is 0 Å². The van der Waals surface area contributed by atoms with Crippen LogP contribution in [-0.2, 0) is 4.74 Å². The molecule has 1 N–H and O–H groups in total. The Bertz CT molecular complexity index is 190. The first kappa shape index (κ1) is 10.4. The number of hydrogen-bond donors (Lipinski definition) is 1.